The second-order valence-corrected chi connectivity index (χ2v) is 3.00. The van der Waals surface area contributed by atoms with Crippen LogP contribution in [0, 0.1) is 54.8 Å². The molecule has 0 aromatic carbocycles. The van der Waals surface area contributed by atoms with E-state index in [1.807, 2.05) is 25.7 Å². The third-order valence-electron chi connectivity index (χ3n) is 1.81. The van der Waals surface area contributed by atoms with E-state index in [-0.39, 0.29) is 19.8 Å². The lowest BCUT2D eigenvalue weighted by Crippen LogP contribution is -1.99. The van der Waals surface area contributed by atoms with Gasteiger partial charge in [0, 0.05) is 5.92 Å². The molecule has 16 heavy (non-hydrogen) atoms. The van der Waals surface area contributed by atoms with Gasteiger partial charge in [0.15, 0.2) is 0 Å². The van der Waals surface area contributed by atoms with Gasteiger partial charge in [0.2, 0.25) is 0 Å². The minimum atomic E-state index is -0.169. The largest absolute Gasteiger partial charge is 0.384 e. The zero-order valence-corrected chi connectivity index (χ0v) is 8.81. The van der Waals surface area contributed by atoms with Crippen LogP contribution < -0.4 is 0 Å². The summed E-state index contributed by atoms with van der Waals surface area (Å²) in [4.78, 5) is 0. The Morgan fingerprint density at radius 3 is 2.75 bits per heavy atom. The molecule has 1 saturated carbocycles. The molecule has 0 unspecified atom stereocenters. The van der Waals surface area contributed by atoms with Gasteiger partial charge in [-0.1, -0.05) is 17.9 Å². The Bertz CT molecular complexity index is 324. The molecule has 0 saturated heterocycles. The van der Waals surface area contributed by atoms with Crippen molar-refractivity contribution in [2.24, 2.45) is 0 Å². The number of nitrogens with zero attached hydrogens (tertiary/aromatic N) is 1. The second kappa shape index (κ2) is 7.93. The minimum absolute atomic E-state index is 0.169. The van der Waals surface area contributed by atoms with Gasteiger partial charge in [0.25, 0.3) is 0 Å². The van der Waals surface area contributed by atoms with Crippen molar-refractivity contribution in [3.8, 4) is 17.9 Å². The van der Waals surface area contributed by atoms with E-state index >= 15 is 0 Å². The molecule has 3 heteroatoms. The quantitative estimate of drug-likeness (QED) is 0.429. The first-order valence-corrected chi connectivity index (χ1v) is 4.83. The maximum atomic E-state index is 8.85. The monoisotopic (exact) mass is 214 g/mol. The first kappa shape index (κ1) is 12.8. The lowest BCUT2D eigenvalue weighted by Gasteiger charge is -2.02. The number of hydrogen-bond acceptors (Lipinski definition) is 3. The average Bonchev–Trinajstić information content (AvgIpc) is 2.80. The van der Waals surface area contributed by atoms with Crippen LogP contribution >= 0.6 is 0 Å². The van der Waals surface area contributed by atoms with Crippen LogP contribution in [0.3, 0.4) is 0 Å². The summed E-state index contributed by atoms with van der Waals surface area (Å²) in [7, 11) is 0. The molecule has 0 amide bonds. The summed E-state index contributed by atoms with van der Waals surface area (Å²) in [5, 5.41) is 17.3. The summed E-state index contributed by atoms with van der Waals surface area (Å²) in [5.41, 5.74) is 0.553. The molecule has 0 aromatic rings. The summed E-state index contributed by atoms with van der Waals surface area (Å²) >= 11 is 0. The van der Waals surface area contributed by atoms with E-state index in [0.717, 1.165) is 5.92 Å². The maximum Gasteiger partial charge on any atom is 0.108 e. The normalized spacial score (nSPS) is 16.6. The highest BCUT2D eigenvalue weighted by Crippen LogP contribution is 2.25. The number of aliphatic hydroxyl groups excluding tert-OH is 1. The fourth-order valence-electron chi connectivity index (χ4n) is 1.11. The van der Waals surface area contributed by atoms with Crippen LogP contribution in [-0.2, 0) is 4.74 Å². The minimum Gasteiger partial charge on any atom is -0.384 e. The van der Waals surface area contributed by atoms with Gasteiger partial charge in [-0.3, -0.25) is 0 Å². The fourth-order valence-corrected chi connectivity index (χ4v) is 1.11. The molecule has 0 atom stereocenters. The molecule has 1 aliphatic carbocycles. The summed E-state index contributed by atoms with van der Waals surface area (Å²) in [6, 6.07) is 2.07. The van der Waals surface area contributed by atoms with Crippen LogP contribution in [0.1, 0.15) is 0 Å². The van der Waals surface area contributed by atoms with Gasteiger partial charge in [-0.05, 0) is 25.7 Å². The van der Waals surface area contributed by atoms with Crippen molar-refractivity contribution in [2.45, 2.75) is 0 Å². The van der Waals surface area contributed by atoms with Crippen LogP contribution in [0.4, 0.5) is 0 Å². The number of hydrogen-bond donors (Lipinski definition) is 1. The Hall–Kier alpha value is -1.29. The molecule has 1 rings (SSSR count). The van der Waals surface area contributed by atoms with Gasteiger partial charge in [0.1, 0.15) is 13.2 Å². The van der Waals surface area contributed by atoms with E-state index in [9.17, 15) is 0 Å². The highest BCUT2D eigenvalue weighted by atomic mass is 16.5. The van der Waals surface area contributed by atoms with E-state index in [1.54, 1.807) is 6.08 Å². The Morgan fingerprint density at radius 2 is 2.12 bits per heavy atom. The van der Waals surface area contributed by atoms with E-state index in [1.165, 1.54) is 0 Å². The van der Waals surface area contributed by atoms with Crippen molar-refractivity contribution in [1.29, 1.82) is 5.26 Å². The van der Waals surface area contributed by atoms with Gasteiger partial charge < -0.3 is 9.84 Å². The predicted octanol–water partition coefficient (Wildman–Crippen LogP) is 0.854. The van der Waals surface area contributed by atoms with Gasteiger partial charge in [-0.2, -0.15) is 5.26 Å². The third-order valence-corrected chi connectivity index (χ3v) is 1.81. The molecule has 0 spiro atoms. The standard InChI is InChI=1S/C13H12NO2/c14-10-13(9-12-5-1-2-6-12)11-16-8-4-3-7-15/h1-2,5-6,9,15H,7-8,11H2/b13-9+. The number of ether oxygens (including phenoxy) is 1. The summed E-state index contributed by atoms with van der Waals surface area (Å²) in [6.07, 6.45) is 9.44. The van der Waals surface area contributed by atoms with Crippen LogP contribution in [-0.4, -0.2) is 24.9 Å². The smallest absolute Gasteiger partial charge is 0.108 e. The van der Waals surface area contributed by atoms with E-state index < -0.39 is 0 Å². The van der Waals surface area contributed by atoms with Gasteiger partial charge in [0.05, 0.1) is 18.2 Å². The summed E-state index contributed by atoms with van der Waals surface area (Å²) in [6.45, 7) is 0.292. The van der Waals surface area contributed by atoms with Crippen LogP contribution in [0.5, 0.6) is 0 Å². The highest BCUT2D eigenvalue weighted by Gasteiger charge is 2.15. The Balaban J connectivity index is 2.28. The molecule has 1 aliphatic rings. The zero-order chi connectivity index (χ0) is 11.6. The molecule has 1 fully saturated rings. The maximum absolute atomic E-state index is 8.85. The second-order valence-electron chi connectivity index (χ2n) is 3.00. The molecule has 0 aliphatic heterocycles. The molecule has 81 valence electrons. The lowest BCUT2D eigenvalue weighted by molar-refractivity contribution is 0.194. The zero-order valence-electron chi connectivity index (χ0n) is 8.81. The summed E-state index contributed by atoms with van der Waals surface area (Å²) in [5.74, 6) is 6.07. The third kappa shape index (κ3) is 4.98. The first-order chi connectivity index (χ1) is 7.86. The first-order valence-electron chi connectivity index (χ1n) is 4.83. The molecule has 1 N–H and O–H groups in total. The Kier molecular flexibility index (Phi) is 6.33. The number of nitriles is 1. The van der Waals surface area contributed by atoms with Crippen molar-refractivity contribution in [2.75, 3.05) is 19.8 Å². The van der Waals surface area contributed by atoms with E-state index in [0.29, 0.717) is 5.57 Å². The van der Waals surface area contributed by atoms with Crippen LogP contribution in [0.2, 0.25) is 0 Å². The average molecular weight is 214 g/mol. The van der Waals surface area contributed by atoms with E-state index in [2.05, 4.69) is 17.9 Å². The molecule has 3 nitrogen and oxygen atoms in total. The van der Waals surface area contributed by atoms with Crippen molar-refractivity contribution < 1.29 is 9.84 Å². The van der Waals surface area contributed by atoms with Crippen LogP contribution in [0.25, 0.3) is 0 Å². The molecule has 0 heterocycles. The molecule has 0 bridgehead atoms. The van der Waals surface area contributed by atoms with Gasteiger partial charge >= 0.3 is 0 Å². The topological polar surface area (TPSA) is 53.2 Å². The predicted molar refractivity (Wildman–Crippen MR) is 59.8 cm³/mol. The van der Waals surface area contributed by atoms with Crippen molar-refractivity contribution in [3.05, 3.63) is 43.3 Å². The van der Waals surface area contributed by atoms with E-state index in [4.69, 9.17) is 15.1 Å². The number of allylic oxidation sites excluding steroid dienone is 1. The lowest BCUT2D eigenvalue weighted by atomic mass is 10.1. The molecule has 5 radical (unpaired) electrons. The van der Waals surface area contributed by atoms with Gasteiger partial charge in [-0.15, -0.1) is 0 Å². The number of rotatable bonds is 4. The Morgan fingerprint density at radius 1 is 1.38 bits per heavy atom. The summed E-state index contributed by atoms with van der Waals surface area (Å²) < 4.78 is 5.16. The Labute approximate surface area is 96.7 Å². The van der Waals surface area contributed by atoms with Gasteiger partial charge in [-0.25, -0.2) is 0 Å². The van der Waals surface area contributed by atoms with Crippen molar-refractivity contribution >= 4 is 0 Å². The highest BCUT2D eigenvalue weighted by molar-refractivity contribution is 5.45. The molecular weight excluding hydrogens is 202 g/mol. The van der Waals surface area contributed by atoms with Crippen molar-refractivity contribution in [3.63, 3.8) is 0 Å². The number of aliphatic hydroxyl groups is 1. The van der Waals surface area contributed by atoms with Crippen molar-refractivity contribution in [1.82, 2.24) is 0 Å². The SMILES string of the molecule is N#C/C(=C\[C]1[CH][CH][CH][CH]1)COCC#CCO. The fraction of sp³-hybridized carbons (Fsp3) is 0.231. The van der Waals surface area contributed by atoms with Crippen LogP contribution in [0.15, 0.2) is 11.6 Å². The molecular formula is C13H12NO2. The molecule has 0 aromatic heterocycles.